The molecule has 3 amide bonds. The molecule has 1 heterocycles. The lowest BCUT2D eigenvalue weighted by atomic mass is 10.1. The first-order valence-electron chi connectivity index (χ1n) is 8.15. The van der Waals surface area contributed by atoms with Gasteiger partial charge in [-0.3, -0.25) is 0 Å². The van der Waals surface area contributed by atoms with Crippen LogP contribution in [0.3, 0.4) is 0 Å². The Morgan fingerprint density at radius 3 is 2.61 bits per heavy atom. The monoisotopic (exact) mass is 317 g/mol. The first-order valence-corrected chi connectivity index (χ1v) is 8.15. The molecular weight excluding hydrogens is 294 g/mol. The number of nitrogens with one attached hydrogen (secondary N) is 2. The zero-order valence-electron chi connectivity index (χ0n) is 13.4. The minimum Gasteiger partial charge on any atom is -0.453 e. The van der Waals surface area contributed by atoms with Crippen LogP contribution in [0.25, 0.3) is 0 Å². The van der Waals surface area contributed by atoms with Crippen LogP contribution >= 0.6 is 0 Å². The van der Waals surface area contributed by atoms with Gasteiger partial charge >= 0.3 is 12.1 Å². The molecule has 3 rings (SSSR count). The summed E-state index contributed by atoms with van der Waals surface area (Å²) in [6.07, 6.45) is 3.18. The van der Waals surface area contributed by atoms with E-state index in [1.807, 2.05) is 12.1 Å². The average molecular weight is 317 g/mol. The van der Waals surface area contributed by atoms with Crippen LogP contribution in [0.4, 0.5) is 9.59 Å². The van der Waals surface area contributed by atoms with E-state index in [1.54, 1.807) is 4.90 Å². The smallest absolute Gasteiger partial charge is 0.409 e. The molecule has 2 aliphatic rings. The van der Waals surface area contributed by atoms with E-state index in [9.17, 15) is 9.59 Å². The summed E-state index contributed by atoms with van der Waals surface area (Å²) in [7, 11) is 1.39. The van der Waals surface area contributed by atoms with E-state index in [2.05, 4.69) is 22.8 Å². The molecule has 124 valence electrons. The maximum absolute atomic E-state index is 12.2. The Morgan fingerprint density at radius 1 is 1.13 bits per heavy atom. The lowest BCUT2D eigenvalue weighted by molar-refractivity contribution is 0.110. The Kier molecular flexibility index (Phi) is 4.69. The molecule has 1 fully saturated rings. The molecule has 1 aliphatic carbocycles. The molecule has 2 N–H and O–H groups in total. The molecule has 0 radical (unpaired) electrons. The Labute approximate surface area is 136 Å². The number of fused-ring (bicyclic) bond motifs is 1. The van der Waals surface area contributed by atoms with Gasteiger partial charge in [0.1, 0.15) is 0 Å². The molecule has 0 spiro atoms. The van der Waals surface area contributed by atoms with Gasteiger partial charge in [-0.15, -0.1) is 0 Å². The third kappa shape index (κ3) is 3.57. The summed E-state index contributed by atoms with van der Waals surface area (Å²) in [6.45, 7) is 1.23. The Bertz CT molecular complexity index is 582. The van der Waals surface area contributed by atoms with Gasteiger partial charge in [0.15, 0.2) is 0 Å². The number of carbonyl (C=O) groups excluding carboxylic acids is 2. The van der Waals surface area contributed by atoms with Crippen LogP contribution in [0.15, 0.2) is 24.3 Å². The zero-order valence-corrected chi connectivity index (χ0v) is 13.4. The van der Waals surface area contributed by atoms with Crippen LogP contribution < -0.4 is 10.6 Å². The van der Waals surface area contributed by atoms with Crippen molar-refractivity contribution in [3.8, 4) is 0 Å². The molecule has 1 unspecified atom stereocenters. The Hall–Kier alpha value is -2.24. The summed E-state index contributed by atoms with van der Waals surface area (Å²) in [4.78, 5) is 25.3. The maximum atomic E-state index is 12.2. The summed E-state index contributed by atoms with van der Waals surface area (Å²) < 4.78 is 4.72. The molecule has 23 heavy (non-hydrogen) atoms. The van der Waals surface area contributed by atoms with Crippen LogP contribution in [0.2, 0.25) is 0 Å². The number of benzene rings is 1. The summed E-state index contributed by atoms with van der Waals surface area (Å²) in [6, 6.07) is 8.34. The number of amides is 3. The van der Waals surface area contributed by atoms with Crippen LogP contribution in [-0.4, -0.2) is 43.3 Å². The third-order valence-electron chi connectivity index (χ3n) is 4.70. The molecule has 1 atom stereocenters. The number of nitrogens with zero attached hydrogens (tertiary/aromatic N) is 1. The second kappa shape index (κ2) is 6.89. The fourth-order valence-electron chi connectivity index (χ4n) is 3.43. The number of carbonyl (C=O) groups is 2. The standard InChI is InChI=1S/C17H23N3O3/c1-23-17(22)20-10-8-13(9-11-20)18-16(21)19-15-7-6-12-4-2-3-5-14(12)15/h2-5,13,15H,6-11H2,1H3,(H2,18,19,21). The number of methoxy groups -OCH3 is 1. The number of likely N-dealkylation sites (tertiary alicyclic amines) is 1. The van der Waals surface area contributed by atoms with Crippen LogP contribution in [0.1, 0.15) is 36.4 Å². The second-order valence-electron chi connectivity index (χ2n) is 6.14. The summed E-state index contributed by atoms with van der Waals surface area (Å²) in [5.41, 5.74) is 2.55. The fourth-order valence-corrected chi connectivity index (χ4v) is 3.43. The highest BCUT2D eigenvalue weighted by Gasteiger charge is 2.26. The second-order valence-corrected chi connectivity index (χ2v) is 6.14. The van der Waals surface area contributed by atoms with Crippen molar-refractivity contribution in [1.82, 2.24) is 15.5 Å². The fraction of sp³-hybridized carbons (Fsp3) is 0.529. The molecule has 1 aromatic carbocycles. The molecule has 1 aromatic rings. The summed E-state index contributed by atoms with van der Waals surface area (Å²) in [5, 5.41) is 6.10. The Balaban J connectivity index is 1.47. The third-order valence-corrected chi connectivity index (χ3v) is 4.70. The number of hydrogen-bond donors (Lipinski definition) is 2. The molecule has 0 bridgehead atoms. The first-order chi connectivity index (χ1) is 11.2. The SMILES string of the molecule is COC(=O)N1CCC(NC(=O)NC2CCc3ccccc32)CC1. The van der Waals surface area contributed by atoms with E-state index >= 15 is 0 Å². The molecule has 0 saturated carbocycles. The van der Waals surface area contributed by atoms with Crippen LogP contribution in [0, 0.1) is 0 Å². The van der Waals surface area contributed by atoms with Crippen molar-refractivity contribution in [2.75, 3.05) is 20.2 Å². The number of urea groups is 1. The van der Waals surface area contributed by atoms with E-state index in [-0.39, 0.29) is 24.2 Å². The van der Waals surface area contributed by atoms with Crippen molar-refractivity contribution >= 4 is 12.1 Å². The topological polar surface area (TPSA) is 70.7 Å². The van der Waals surface area contributed by atoms with E-state index < -0.39 is 0 Å². The van der Waals surface area contributed by atoms with Crippen molar-refractivity contribution in [2.24, 2.45) is 0 Å². The maximum Gasteiger partial charge on any atom is 0.409 e. The van der Waals surface area contributed by atoms with Crippen LogP contribution in [-0.2, 0) is 11.2 Å². The number of piperidine rings is 1. The minimum atomic E-state index is -0.296. The van der Waals surface area contributed by atoms with Gasteiger partial charge in [0.2, 0.25) is 0 Å². The number of hydrogen-bond acceptors (Lipinski definition) is 3. The lowest BCUT2D eigenvalue weighted by Crippen LogP contribution is -2.49. The quantitative estimate of drug-likeness (QED) is 0.878. The highest BCUT2D eigenvalue weighted by atomic mass is 16.5. The molecule has 1 aliphatic heterocycles. The zero-order chi connectivity index (χ0) is 16.2. The van der Waals surface area contributed by atoms with Gasteiger partial charge < -0.3 is 20.3 Å². The van der Waals surface area contributed by atoms with Gasteiger partial charge in [-0.1, -0.05) is 24.3 Å². The minimum absolute atomic E-state index is 0.0985. The summed E-state index contributed by atoms with van der Waals surface area (Å²) >= 11 is 0. The van der Waals surface area contributed by atoms with Crippen molar-refractivity contribution in [1.29, 1.82) is 0 Å². The molecule has 6 heteroatoms. The van der Waals surface area contributed by atoms with Crippen molar-refractivity contribution in [2.45, 2.75) is 37.8 Å². The molecule has 6 nitrogen and oxygen atoms in total. The summed E-state index contributed by atoms with van der Waals surface area (Å²) in [5.74, 6) is 0. The molecule has 1 saturated heterocycles. The predicted molar refractivity (Wildman–Crippen MR) is 86.2 cm³/mol. The van der Waals surface area contributed by atoms with Gasteiger partial charge in [0, 0.05) is 19.1 Å². The van der Waals surface area contributed by atoms with E-state index in [0.717, 1.165) is 25.7 Å². The Morgan fingerprint density at radius 2 is 1.87 bits per heavy atom. The van der Waals surface area contributed by atoms with E-state index in [0.29, 0.717) is 13.1 Å². The van der Waals surface area contributed by atoms with Crippen molar-refractivity contribution in [3.63, 3.8) is 0 Å². The first kappa shape index (κ1) is 15.6. The average Bonchev–Trinajstić information content (AvgIpc) is 2.98. The lowest BCUT2D eigenvalue weighted by Gasteiger charge is -2.31. The normalized spacial score (nSPS) is 20.7. The van der Waals surface area contributed by atoms with E-state index in [1.165, 1.54) is 18.2 Å². The van der Waals surface area contributed by atoms with E-state index in [4.69, 9.17) is 4.74 Å². The van der Waals surface area contributed by atoms with Gasteiger partial charge in [0.05, 0.1) is 13.2 Å². The largest absolute Gasteiger partial charge is 0.453 e. The predicted octanol–water partition coefficient (Wildman–Crippen LogP) is 2.20. The van der Waals surface area contributed by atoms with Crippen molar-refractivity contribution < 1.29 is 14.3 Å². The number of ether oxygens (including phenoxy) is 1. The molecule has 0 aromatic heterocycles. The number of aryl methyl sites for hydroxylation is 1. The number of rotatable bonds is 2. The van der Waals surface area contributed by atoms with Gasteiger partial charge in [0.25, 0.3) is 0 Å². The molecular formula is C17H23N3O3. The van der Waals surface area contributed by atoms with Gasteiger partial charge in [-0.05, 0) is 36.8 Å². The highest BCUT2D eigenvalue weighted by Crippen LogP contribution is 2.30. The van der Waals surface area contributed by atoms with Gasteiger partial charge in [-0.2, -0.15) is 0 Å². The van der Waals surface area contributed by atoms with Gasteiger partial charge in [-0.25, -0.2) is 9.59 Å². The van der Waals surface area contributed by atoms with Crippen LogP contribution in [0.5, 0.6) is 0 Å². The highest BCUT2D eigenvalue weighted by molar-refractivity contribution is 5.75. The van der Waals surface area contributed by atoms with Crippen molar-refractivity contribution in [3.05, 3.63) is 35.4 Å².